The molecule has 20 heavy (non-hydrogen) atoms. The van der Waals surface area contributed by atoms with Gasteiger partial charge in [-0.15, -0.1) is 0 Å². The van der Waals surface area contributed by atoms with Crippen molar-refractivity contribution < 1.29 is 13.7 Å². The van der Waals surface area contributed by atoms with Crippen LogP contribution in [0.2, 0.25) is 0 Å². The van der Waals surface area contributed by atoms with Gasteiger partial charge in [-0.05, 0) is 34.1 Å². The van der Waals surface area contributed by atoms with Crippen LogP contribution >= 0.6 is 0 Å². The maximum absolute atomic E-state index is 12.1. The predicted octanol–water partition coefficient (Wildman–Crippen LogP) is 1.74. The molecular weight excluding hydrogens is 276 g/mol. The monoisotopic (exact) mass is 304 g/mol. The van der Waals surface area contributed by atoms with Gasteiger partial charge in [-0.1, -0.05) is 6.92 Å². The lowest BCUT2D eigenvalue weighted by atomic mass is 10.0. The second kappa shape index (κ2) is 6.89. The van der Waals surface area contributed by atoms with Gasteiger partial charge in [0.2, 0.25) is 0 Å². The van der Waals surface area contributed by atoms with E-state index in [1.54, 1.807) is 4.90 Å². The Balaban J connectivity index is 2.38. The van der Waals surface area contributed by atoms with Gasteiger partial charge in [0.15, 0.2) is 0 Å². The molecule has 2 atom stereocenters. The van der Waals surface area contributed by atoms with Crippen molar-refractivity contribution in [3.63, 3.8) is 0 Å². The average molecular weight is 304 g/mol. The van der Waals surface area contributed by atoms with E-state index in [-0.39, 0.29) is 16.4 Å². The summed E-state index contributed by atoms with van der Waals surface area (Å²) in [5, 5.41) is 2.86. The van der Waals surface area contributed by atoms with Gasteiger partial charge in [-0.2, -0.15) is 0 Å². The first-order valence-corrected chi connectivity index (χ1v) is 8.55. The van der Waals surface area contributed by atoms with Crippen LogP contribution in [0.5, 0.6) is 0 Å². The van der Waals surface area contributed by atoms with Crippen molar-refractivity contribution in [2.75, 3.05) is 32.0 Å². The summed E-state index contributed by atoms with van der Waals surface area (Å²) in [6, 6.07) is -0.0844. The number of nitrogens with one attached hydrogen (secondary N) is 1. The molecule has 0 radical (unpaired) electrons. The van der Waals surface area contributed by atoms with Gasteiger partial charge in [0.25, 0.3) is 0 Å². The summed E-state index contributed by atoms with van der Waals surface area (Å²) in [5.74, 6) is 0.491. The molecular formula is C14H28N2O3S. The van der Waals surface area contributed by atoms with E-state index < -0.39 is 10.8 Å². The zero-order valence-electron chi connectivity index (χ0n) is 13.3. The number of carbonyl (C=O) groups excluding carboxylic acids is 1. The largest absolute Gasteiger partial charge is 0.372 e. The van der Waals surface area contributed by atoms with Crippen molar-refractivity contribution in [2.45, 2.75) is 51.4 Å². The minimum absolute atomic E-state index is 0.0844. The number of ether oxygens (including phenoxy) is 1. The first kappa shape index (κ1) is 17.4. The normalized spacial score (nSPS) is 25.4. The molecule has 0 aromatic carbocycles. The molecule has 1 heterocycles. The molecule has 2 amide bonds. The molecule has 0 aliphatic carbocycles. The molecule has 1 fully saturated rings. The topological polar surface area (TPSA) is 58.6 Å². The third kappa shape index (κ3) is 5.05. The van der Waals surface area contributed by atoms with E-state index in [9.17, 15) is 9.00 Å². The van der Waals surface area contributed by atoms with Gasteiger partial charge >= 0.3 is 6.03 Å². The first-order chi connectivity index (χ1) is 9.18. The molecule has 0 aromatic rings. The van der Waals surface area contributed by atoms with Gasteiger partial charge < -0.3 is 15.0 Å². The zero-order valence-corrected chi connectivity index (χ0v) is 14.1. The van der Waals surface area contributed by atoms with Gasteiger partial charge in [0.05, 0.1) is 18.8 Å². The Hall–Kier alpha value is -0.620. The molecule has 0 unspecified atom stereocenters. The van der Waals surface area contributed by atoms with Crippen molar-refractivity contribution in [1.29, 1.82) is 0 Å². The van der Waals surface area contributed by atoms with Crippen LogP contribution < -0.4 is 5.32 Å². The lowest BCUT2D eigenvalue weighted by molar-refractivity contribution is -0.0872. The van der Waals surface area contributed by atoms with Gasteiger partial charge in [0, 0.05) is 34.4 Å². The zero-order chi connectivity index (χ0) is 15.4. The first-order valence-electron chi connectivity index (χ1n) is 7.23. The number of rotatable bonds is 4. The van der Waals surface area contributed by atoms with Gasteiger partial charge in [0.1, 0.15) is 0 Å². The SMILES string of the molecule is CC[C@]1(C)CN(C(=O)NCC[S@@](=O)C(C)(C)C)CCO1. The van der Waals surface area contributed by atoms with E-state index in [4.69, 9.17) is 4.74 Å². The Bertz CT molecular complexity index is 368. The van der Waals surface area contributed by atoms with Crippen LogP contribution in [0.25, 0.3) is 0 Å². The number of hydrogen-bond donors (Lipinski definition) is 1. The van der Waals surface area contributed by atoms with E-state index in [2.05, 4.69) is 12.2 Å². The summed E-state index contributed by atoms with van der Waals surface area (Å²) in [6.45, 7) is 12.2. The van der Waals surface area contributed by atoms with Crippen LogP contribution in [-0.2, 0) is 15.5 Å². The van der Waals surface area contributed by atoms with Crippen LogP contribution in [-0.4, -0.2) is 57.5 Å². The minimum atomic E-state index is -0.934. The second-order valence-electron chi connectivity index (χ2n) is 6.47. The molecule has 1 saturated heterocycles. The van der Waals surface area contributed by atoms with Crippen molar-refractivity contribution >= 4 is 16.8 Å². The molecule has 1 N–H and O–H groups in total. The van der Waals surface area contributed by atoms with Crippen molar-refractivity contribution in [1.82, 2.24) is 10.2 Å². The minimum Gasteiger partial charge on any atom is -0.372 e. The van der Waals surface area contributed by atoms with Crippen molar-refractivity contribution in [3.8, 4) is 0 Å². The van der Waals surface area contributed by atoms with E-state index in [0.717, 1.165) is 6.42 Å². The molecule has 1 aliphatic rings. The maximum Gasteiger partial charge on any atom is 0.317 e. The quantitative estimate of drug-likeness (QED) is 0.861. The van der Waals surface area contributed by atoms with Crippen molar-refractivity contribution in [3.05, 3.63) is 0 Å². The molecule has 0 aromatic heterocycles. The molecule has 5 nitrogen and oxygen atoms in total. The van der Waals surface area contributed by atoms with Crippen LogP contribution in [0.1, 0.15) is 41.0 Å². The number of amides is 2. The third-order valence-corrected chi connectivity index (χ3v) is 5.56. The number of nitrogens with zero attached hydrogens (tertiary/aromatic N) is 1. The Morgan fingerprint density at radius 3 is 2.65 bits per heavy atom. The summed E-state index contributed by atoms with van der Waals surface area (Å²) in [7, 11) is -0.934. The molecule has 0 spiro atoms. The van der Waals surface area contributed by atoms with Crippen LogP contribution in [0.3, 0.4) is 0 Å². The highest BCUT2D eigenvalue weighted by Crippen LogP contribution is 2.20. The highest BCUT2D eigenvalue weighted by atomic mass is 32.2. The standard InChI is InChI=1S/C14H28N2O3S/c1-6-14(5)11-16(8-9-19-14)12(17)15-7-10-20(18)13(2,3)4/h6-11H2,1-5H3,(H,15,17)/t14-,20-/m1/s1. The smallest absolute Gasteiger partial charge is 0.317 e. The van der Waals surface area contributed by atoms with E-state index in [1.165, 1.54) is 0 Å². The Labute approximate surface area is 124 Å². The fourth-order valence-electron chi connectivity index (χ4n) is 1.99. The summed E-state index contributed by atoms with van der Waals surface area (Å²) in [6.07, 6.45) is 0.880. The fourth-order valence-corrected chi connectivity index (χ4v) is 2.89. The molecule has 6 heteroatoms. The molecule has 1 rings (SSSR count). The van der Waals surface area contributed by atoms with Crippen molar-refractivity contribution in [2.24, 2.45) is 0 Å². The van der Waals surface area contributed by atoms with Crippen LogP contribution in [0, 0.1) is 0 Å². The molecule has 0 saturated carbocycles. The maximum atomic E-state index is 12.1. The number of urea groups is 1. The Morgan fingerprint density at radius 1 is 1.45 bits per heavy atom. The van der Waals surface area contributed by atoms with Crippen LogP contribution in [0.4, 0.5) is 4.79 Å². The molecule has 118 valence electrons. The highest BCUT2D eigenvalue weighted by molar-refractivity contribution is 7.86. The Morgan fingerprint density at radius 2 is 2.10 bits per heavy atom. The fraction of sp³-hybridized carbons (Fsp3) is 0.929. The molecule has 1 aliphatic heterocycles. The van der Waals surface area contributed by atoms with Gasteiger partial charge in [-0.3, -0.25) is 4.21 Å². The van der Waals surface area contributed by atoms with E-state index >= 15 is 0 Å². The third-order valence-electron chi connectivity index (χ3n) is 3.62. The number of morpholine rings is 1. The Kier molecular flexibility index (Phi) is 6.01. The van der Waals surface area contributed by atoms with Gasteiger partial charge in [-0.25, -0.2) is 4.79 Å². The number of hydrogen-bond acceptors (Lipinski definition) is 3. The summed E-state index contributed by atoms with van der Waals surface area (Å²) in [4.78, 5) is 13.9. The summed E-state index contributed by atoms with van der Waals surface area (Å²) < 4.78 is 17.4. The summed E-state index contributed by atoms with van der Waals surface area (Å²) >= 11 is 0. The average Bonchev–Trinajstić information content (AvgIpc) is 2.37. The summed E-state index contributed by atoms with van der Waals surface area (Å²) in [5.41, 5.74) is -0.246. The highest BCUT2D eigenvalue weighted by Gasteiger charge is 2.32. The van der Waals surface area contributed by atoms with Crippen LogP contribution in [0.15, 0.2) is 0 Å². The lowest BCUT2D eigenvalue weighted by Gasteiger charge is -2.39. The van der Waals surface area contributed by atoms with E-state index in [1.807, 2.05) is 27.7 Å². The number of carbonyl (C=O) groups is 1. The van der Waals surface area contributed by atoms with E-state index in [0.29, 0.717) is 32.0 Å². The lowest BCUT2D eigenvalue weighted by Crippen LogP contribution is -2.54. The predicted molar refractivity (Wildman–Crippen MR) is 82.4 cm³/mol. The second-order valence-corrected chi connectivity index (χ2v) is 8.79. The molecule has 0 bridgehead atoms.